The summed E-state index contributed by atoms with van der Waals surface area (Å²) in [5, 5.41) is 0. The summed E-state index contributed by atoms with van der Waals surface area (Å²) in [6.45, 7) is 4.15. The molecule has 5 nitrogen and oxygen atoms in total. The standard InChI is InChI=1S/C23H24FN3O2/c1-17(28)27-11-10-18-4-2-3-5-21(18)22(27)16-23(29)26-14-12-25(13-15-26)20-8-6-19(24)7-9-20/h2-11,22H,12-16H2,1H3. The van der Waals surface area contributed by atoms with Gasteiger partial charge in [-0.2, -0.15) is 0 Å². The van der Waals surface area contributed by atoms with Crippen molar-refractivity contribution in [2.75, 3.05) is 31.1 Å². The molecular formula is C23H24FN3O2. The quantitative estimate of drug-likeness (QED) is 0.802. The molecule has 0 spiro atoms. The van der Waals surface area contributed by atoms with Crippen LogP contribution in [0.5, 0.6) is 0 Å². The molecule has 2 amide bonds. The predicted molar refractivity (Wildman–Crippen MR) is 111 cm³/mol. The van der Waals surface area contributed by atoms with E-state index in [1.165, 1.54) is 19.1 Å². The van der Waals surface area contributed by atoms with Crippen molar-refractivity contribution < 1.29 is 14.0 Å². The number of fused-ring (bicyclic) bond motifs is 1. The van der Waals surface area contributed by atoms with E-state index in [1.807, 2.05) is 35.2 Å². The highest BCUT2D eigenvalue weighted by Gasteiger charge is 2.31. The molecule has 1 atom stereocenters. The Kier molecular flexibility index (Phi) is 5.34. The van der Waals surface area contributed by atoms with Crippen LogP contribution in [0.2, 0.25) is 0 Å². The first kappa shape index (κ1) is 19.2. The van der Waals surface area contributed by atoms with Gasteiger partial charge in [-0.05, 0) is 41.5 Å². The summed E-state index contributed by atoms with van der Waals surface area (Å²) in [5.74, 6) is -0.279. The molecule has 2 aliphatic rings. The third kappa shape index (κ3) is 4.01. The van der Waals surface area contributed by atoms with Crippen molar-refractivity contribution in [3.05, 3.63) is 71.7 Å². The molecule has 1 fully saturated rings. The smallest absolute Gasteiger partial charge is 0.225 e. The Morgan fingerprint density at radius 3 is 2.38 bits per heavy atom. The molecule has 0 saturated carbocycles. The van der Waals surface area contributed by atoms with E-state index in [-0.39, 0.29) is 30.1 Å². The first-order valence-electron chi connectivity index (χ1n) is 9.87. The minimum atomic E-state index is -0.281. The number of nitrogens with zero attached hydrogens (tertiary/aromatic N) is 3. The van der Waals surface area contributed by atoms with Crippen LogP contribution in [-0.4, -0.2) is 47.8 Å². The molecule has 2 aliphatic heterocycles. The summed E-state index contributed by atoms with van der Waals surface area (Å²) in [4.78, 5) is 30.8. The number of hydrogen-bond donors (Lipinski definition) is 0. The summed E-state index contributed by atoms with van der Waals surface area (Å²) in [5.41, 5.74) is 3.01. The molecule has 2 heterocycles. The van der Waals surface area contributed by atoms with Gasteiger partial charge in [0.1, 0.15) is 5.82 Å². The van der Waals surface area contributed by atoms with E-state index in [2.05, 4.69) is 4.90 Å². The maximum atomic E-state index is 13.1. The largest absolute Gasteiger partial charge is 0.368 e. The maximum Gasteiger partial charge on any atom is 0.225 e. The van der Waals surface area contributed by atoms with Gasteiger partial charge in [-0.3, -0.25) is 9.59 Å². The number of piperazine rings is 1. The van der Waals surface area contributed by atoms with Crippen LogP contribution in [0.3, 0.4) is 0 Å². The highest BCUT2D eigenvalue weighted by molar-refractivity contribution is 5.82. The Balaban J connectivity index is 1.43. The first-order valence-corrected chi connectivity index (χ1v) is 9.87. The van der Waals surface area contributed by atoms with Gasteiger partial charge in [0, 0.05) is 45.0 Å². The minimum absolute atomic E-state index is 0.0464. The van der Waals surface area contributed by atoms with Crippen molar-refractivity contribution in [3.8, 4) is 0 Å². The van der Waals surface area contributed by atoms with Crippen LogP contribution in [0.15, 0.2) is 54.7 Å². The third-order valence-corrected chi connectivity index (χ3v) is 5.66. The van der Waals surface area contributed by atoms with Crippen molar-refractivity contribution >= 4 is 23.6 Å². The van der Waals surface area contributed by atoms with Crippen molar-refractivity contribution in [1.29, 1.82) is 0 Å². The van der Waals surface area contributed by atoms with Crippen LogP contribution in [0, 0.1) is 5.82 Å². The van der Waals surface area contributed by atoms with Crippen molar-refractivity contribution in [2.45, 2.75) is 19.4 Å². The SMILES string of the molecule is CC(=O)N1C=Cc2ccccc2C1CC(=O)N1CCN(c2ccc(F)cc2)CC1. The molecular weight excluding hydrogens is 369 g/mol. The fourth-order valence-corrected chi connectivity index (χ4v) is 4.07. The molecule has 29 heavy (non-hydrogen) atoms. The first-order chi connectivity index (χ1) is 14.0. The molecule has 1 unspecified atom stereocenters. The molecule has 150 valence electrons. The van der Waals surface area contributed by atoms with Crippen LogP contribution in [0.4, 0.5) is 10.1 Å². The molecule has 0 aromatic heterocycles. The molecule has 6 heteroatoms. The van der Waals surface area contributed by atoms with E-state index in [1.54, 1.807) is 23.2 Å². The van der Waals surface area contributed by atoms with Crippen LogP contribution in [0.1, 0.15) is 30.5 Å². The van der Waals surface area contributed by atoms with E-state index in [0.29, 0.717) is 26.2 Å². The van der Waals surface area contributed by atoms with Gasteiger partial charge in [-0.15, -0.1) is 0 Å². The number of hydrogen-bond acceptors (Lipinski definition) is 3. The Morgan fingerprint density at radius 1 is 1.00 bits per heavy atom. The van der Waals surface area contributed by atoms with Crippen LogP contribution in [0.25, 0.3) is 6.08 Å². The molecule has 4 rings (SSSR count). The lowest BCUT2D eigenvalue weighted by Gasteiger charge is -2.38. The summed E-state index contributed by atoms with van der Waals surface area (Å²) < 4.78 is 13.1. The summed E-state index contributed by atoms with van der Waals surface area (Å²) >= 11 is 0. The van der Waals surface area contributed by atoms with Crippen LogP contribution < -0.4 is 4.90 Å². The fourth-order valence-electron chi connectivity index (χ4n) is 4.07. The Morgan fingerprint density at radius 2 is 1.69 bits per heavy atom. The zero-order valence-corrected chi connectivity index (χ0v) is 16.4. The van der Waals surface area contributed by atoms with Crippen molar-refractivity contribution in [1.82, 2.24) is 9.80 Å². The minimum Gasteiger partial charge on any atom is -0.368 e. The topological polar surface area (TPSA) is 43.9 Å². The molecule has 0 bridgehead atoms. The molecule has 0 N–H and O–H groups in total. The molecule has 2 aromatic rings. The number of rotatable bonds is 3. The average Bonchev–Trinajstić information content (AvgIpc) is 2.74. The fraction of sp³-hybridized carbons (Fsp3) is 0.304. The van der Waals surface area contributed by atoms with Crippen LogP contribution in [-0.2, 0) is 9.59 Å². The molecule has 1 saturated heterocycles. The van der Waals surface area contributed by atoms with Crippen LogP contribution >= 0.6 is 0 Å². The Hall–Kier alpha value is -3.15. The molecule has 2 aromatic carbocycles. The number of halogens is 1. The van der Waals surface area contributed by atoms with E-state index in [4.69, 9.17) is 0 Å². The van der Waals surface area contributed by atoms with Gasteiger partial charge >= 0.3 is 0 Å². The maximum absolute atomic E-state index is 13.1. The summed E-state index contributed by atoms with van der Waals surface area (Å²) in [6.07, 6.45) is 3.95. The average molecular weight is 393 g/mol. The predicted octanol–water partition coefficient (Wildman–Crippen LogP) is 3.44. The second-order valence-electron chi connectivity index (χ2n) is 7.44. The molecule has 0 radical (unpaired) electrons. The third-order valence-electron chi connectivity index (χ3n) is 5.66. The molecule has 0 aliphatic carbocycles. The van der Waals surface area contributed by atoms with E-state index >= 15 is 0 Å². The highest BCUT2D eigenvalue weighted by Crippen LogP contribution is 2.33. The van der Waals surface area contributed by atoms with E-state index in [0.717, 1.165) is 16.8 Å². The highest BCUT2D eigenvalue weighted by atomic mass is 19.1. The Labute approximate surface area is 170 Å². The van der Waals surface area contributed by atoms with Gasteiger partial charge in [-0.25, -0.2) is 4.39 Å². The number of carbonyl (C=O) groups excluding carboxylic acids is 2. The summed E-state index contributed by atoms with van der Waals surface area (Å²) in [7, 11) is 0. The van der Waals surface area contributed by atoms with Crippen molar-refractivity contribution in [3.63, 3.8) is 0 Å². The lowest BCUT2D eigenvalue weighted by Crippen LogP contribution is -2.49. The van der Waals surface area contributed by atoms with Gasteiger partial charge < -0.3 is 14.7 Å². The van der Waals surface area contributed by atoms with Gasteiger partial charge in [0.15, 0.2) is 0 Å². The van der Waals surface area contributed by atoms with E-state index in [9.17, 15) is 14.0 Å². The Bertz CT molecular complexity index is 933. The lowest BCUT2D eigenvalue weighted by molar-refractivity contribution is -0.134. The second-order valence-corrected chi connectivity index (χ2v) is 7.44. The van der Waals surface area contributed by atoms with Gasteiger partial charge in [0.2, 0.25) is 11.8 Å². The van der Waals surface area contributed by atoms with Crippen molar-refractivity contribution in [2.24, 2.45) is 0 Å². The van der Waals surface area contributed by atoms with Gasteiger partial charge in [0.05, 0.1) is 12.5 Å². The number of amides is 2. The monoisotopic (exact) mass is 393 g/mol. The lowest BCUT2D eigenvalue weighted by atomic mass is 9.93. The van der Waals surface area contributed by atoms with Gasteiger partial charge in [-0.1, -0.05) is 24.3 Å². The van der Waals surface area contributed by atoms with E-state index < -0.39 is 0 Å². The second kappa shape index (κ2) is 8.07. The zero-order chi connectivity index (χ0) is 20.4. The number of anilines is 1. The number of carbonyl (C=O) groups is 2. The van der Waals surface area contributed by atoms with Gasteiger partial charge in [0.25, 0.3) is 0 Å². The summed E-state index contributed by atoms with van der Waals surface area (Å²) in [6, 6.07) is 14.0. The normalized spacial score (nSPS) is 18.6. The zero-order valence-electron chi connectivity index (χ0n) is 16.4. The number of benzene rings is 2.